The van der Waals surface area contributed by atoms with E-state index in [-0.39, 0.29) is 11.3 Å². The zero-order valence-corrected chi connectivity index (χ0v) is 22.7. The maximum Gasteiger partial charge on any atom is 0.200 e. The van der Waals surface area contributed by atoms with Gasteiger partial charge in [0, 0.05) is 19.4 Å². The van der Waals surface area contributed by atoms with Crippen molar-refractivity contribution in [2.75, 3.05) is 19.8 Å². The second-order valence-electron chi connectivity index (χ2n) is 12.0. The number of ketones is 1. The van der Waals surface area contributed by atoms with E-state index in [0.29, 0.717) is 48.0 Å². The standard InChI is InChI=1S/C26H48O4Si/c1-18(2)31(19(3)4,20(5)6)30-14-13-24(8)21(7)17-23(27)25(9)22(24)11-10-12-26(25)28-15-16-29-26/h18-22H,10-17H2,1-9H3/t21-,22-,24+,25+/m1/s1. The first-order chi connectivity index (χ1) is 14.4. The Hall–Kier alpha value is -0.233. The lowest BCUT2D eigenvalue weighted by molar-refractivity contribution is -0.281. The summed E-state index contributed by atoms with van der Waals surface area (Å²) in [5.74, 6) is 0.272. The summed E-state index contributed by atoms with van der Waals surface area (Å²) < 4.78 is 19.5. The Kier molecular flexibility index (Phi) is 7.25. The Morgan fingerprint density at radius 3 is 2.10 bits per heavy atom. The van der Waals surface area contributed by atoms with Crippen molar-refractivity contribution in [2.24, 2.45) is 22.7 Å². The van der Waals surface area contributed by atoms with Gasteiger partial charge in [0.25, 0.3) is 0 Å². The third kappa shape index (κ3) is 3.70. The number of carbonyl (C=O) groups is 1. The molecule has 5 heteroatoms. The van der Waals surface area contributed by atoms with Crippen molar-refractivity contribution in [3.63, 3.8) is 0 Å². The molecule has 3 aliphatic rings. The summed E-state index contributed by atoms with van der Waals surface area (Å²) in [7, 11) is -1.89. The van der Waals surface area contributed by atoms with E-state index in [2.05, 4.69) is 62.3 Å². The lowest BCUT2D eigenvalue weighted by Crippen LogP contribution is -2.66. The van der Waals surface area contributed by atoms with E-state index in [1.54, 1.807) is 0 Å². The van der Waals surface area contributed by atoms with E-state index >= 15 is 0 Å². The van der Waals surface area contributed by atoms with Crippen molar-refractivity contribution in [3.05, 3.63) is 0 Å². The molecule has 0 N–H and O–H groups in total. The van der Waals surface area contributed by atoms with E-state index in [4.69, 9.17) is 13.9 Å². The summed E-state index contributed by atoms with van der Waals surface area (Å²) in [4.78, 5) is 13.5. The van der Waals surface area contributed by atoms with Gasteiger partial charge in [-0.1, -0.05) is 55.4 Å². The lowest BCUT2D eigenvalue weighted by atomic mass is 9.45. The molecule has 2 saturated carbocycles. The molecular formula is C26H48O4Si. The fourth-order valence-electron chi connectivity index (χ4n) is 8.08. The number of hydrogen-bond acceptors (Lipinski definition) is 4. The van der Waals surface area contributed by atoms with Crippen LogP contribution >= 0.6 is 0 Å². The molecule has 0 bridgehead atoms. The summed E-state index contributed by atoms with van der Waals surface area (Å²) >= 11 is 0. The van der Waals surface area contributed by atoms with Crippen molar-refractivity contribution >= 4 is 14.1 Å². The topological polar surface area (TPSA) is 44.8 Å². The molecule has 1 aliphatic heterocycles. The average molecular weight is 453 g/mol. The van der Waals surface area contributed by atoms with Crippen LogP contribution in [0.3, 0.4) is 0 Å². The highest BCUT2D eigenvalue weighted by Gasteiger charge is 2.68. The molecule has 0 aromatic rings. The molecule has 4 nitrogen and oxygen atoms in total. The SMILES string of the molecule is CC(C)[Si](OCC[C@@]1(C)[C@H](C)CC(=O)[C@]2(C)[C@@H]1CCCC21OCCO1)(C(C)C)C(C)C. The minimum absolute atomic E-state index is 0.0521. The van der Waals surface area contributed by atoms with E-state index < -0.39 is 19.5 Å². The maximum atomic E-state index is 13.5. The van der Waals surface area contributed by atoms with Gasteiger partial charge in [0.05, 0.1) is 18.6 Å². The van der Waals surface area contributed by atoms with Gasteiger partial charge >= 0.3 is 0 Å². The number of ether oxygens (including phenoxy) is 2. The van der Waals surface area contributed by atoms with Crippen LogP contribution < -0.4 is 0 Å². The first-order valence-electron chi connectivity index (χ1n) is 12.8. The van der Waals surface area contributed by atoms with Crippen molar-refractivity contribution in [2.45, 2.75) is 117 Å². The van der Waals surface area contributed by atoms with Gasteiger partial charge in [0.1, 0.15) is 5.78 Å². The quantitative estimate of drug-likeness (QED) is 0.402. The van der Waals surface area contributed by atoms with Gasteiger partial charge in [-0.15, -0.1) is 0 Å². The fraction of sp³-hybridized carbons (Fsp3) is 0.962. The van der Waals surface area contributed by atoms with Crippen LogP contribution in [0.4, 0.5) is 0 Å². The van der Waals surface area contributed by atoms with Gasteiger partial charge in [-0.25, -0.2) is 0 Å². The number of Topliss-reactive ketones (excluding diaryl/α,β-unsaturated/α-hetero) is 1. The Labute approximate surface area is 192 Å². The van der Waals surface area contributed by atoms with Gasteiger partial charge in [-0.2, -0.15) is 0 Å². The molecule has 0 radical (unpaired) electrons. The van der Waals surface area contributed by atoms with Crippen LogP contribution in [0.2, 0.25) is 16.6 Å². The highest BCUT2D eigenvalue weighted by atomic mass is 28.4. The van der Waals surface area contributed by atoms with Crippen LogP contribution in [0.1, 0.15) is 94.4 Å². The first kappa shape index (κ1) is 25.4. The highest BCUT2D eigenvalue weighted by molar-refractivity contribution is 6.77. The van der Waals surface area contributed by atoms with Gasteiger partial charge < -0.3 is 13.9 Å². The average Bonchev–Trinajstić information content (AvgIpc) is 3.15. The number of carbonyl (C=O) groups excluding carboxylic acids is 1. The third-order valence-corrected chi connectivity index (χ3v) is 16.1. The number of fused-ring (bicyclic) bond motifs is 2. The number of hydrogen-bond donors (Lipinski definition) is 0. The zero-order valence-electron chi connectivity index (χ0n) is 21.7. The van der Waals surface area contributed by atoms with Gasteiger partial charge in [0.2, 0.25) is 0 Å². The largest absolute Gasteiger partial charge is 0.416 e. The Morgan fingerprint density at radius 1 is 1.03 bits per heavy atom. The lowest BCUT2D eigenvalue weighted by Gasteiger charge is -2.61. The molecule has 3 rings (SSSR count). The molecule has 3 fully saturated rings. The summed E-state index contributed by atoms with van der Waals surface area (Å²) in [5, 5.41) is 0. The molecule has 0 aromatic heterocycles. The minimum atomic E-state index is -1.89. The van der Waals surface area contributed by atoms with Crippen molar-refractivity contribution in [1.82, 2.24) is 0 Å². The second kappa shape index (κ2) is 8.85. The molecule has 4 atom stereocenters. The highest BCUT2D eigenvalue weighted by Crippen LogP contribution is 2.64. The maximum absolute atomic E-state index is 13.5. The Bertz CT molecular complexity index is 632. The molecule has 0 amide bonds. The van der Waals surface area contributed by atoms with Crippen molar-refractivity contribution in [3.8, 4) is 0 Å². The Morgan fingerprint density at radius 2 is 1.58 bits per heavy atom. The van der Waals surface area contributed by atoms with Crippen LogP contribution in [-0.4, -0.2) is 39.7 Å². The van der Waals surface area contributed by atoms with E-state index in [1.165, 1.54) is 0 Å². The fourth-order valence-corrected chi connectivity index (χ4v) is 13.5. The predicted octanol–water partition coefficient (Wildman–Crippen LogP) is 6.73. The zero-order chi connectivity index (χ0) is 23.2. The van der Waals surface area contributed by atoms with Crippen LogP contribution in [0, 0.1) is 22.7 Å². The van der Waals surface area contributed by atoms with Gasteiger partial charge in [0.15, 0.2) is 14.1 Å². The van der Waals surface area contributed by atoms with Crippen LogP contribution in [-0.2, 0) is 18.7 Å². The summed E-state index contributed by atoms with van der Waals surface area (Å²) in [5.41, 5.74) is 1.28. The third-order valence-electron chi connectivity index (χ3n) is 9.93. The first-order valence-corrected chi connectivity index (χ1v) is 15.0. The van der Waals surface area contributed by atoms with Crippen LogP contribution in [0.25, 0.3) is 0 Å². The summed E-state index contributed by atoms with van der Waals surface area (Å²) in [6.07, 6.45) is 4.63. The van der Waals surface area contributed by atoms with Gasteiger partial charge in [-0.05, 0) is 60.1 Å². The minimum Gasteiger partial charge on any atom is -0.416 e. The van der Waals surface area contributed by atoms with Gasteiger partial charge in [-0.3, -0.25) is 4.79 Å². The molecule has 2 aliphatic carbocycles. The predicted molar refractivity (Wildman–Crippen MR) is 129 cm³/mol. The molecule has 1 heterocycles. The molecule has 0 unspecified atom stereocenters. The molecule has 0 aromatic carbocycles. The molecule has 1 saturated heterocycles. The smallest absolute Gasteiger partial charge is 0.200 e. The monoisotopic (exact) mass is 452 g/mol. The summed E-state index contributed by atoms with van der Waals surface area (Å²) in [6.45, 7) is 23.0. The molecule has 31 heavy (non-hydrogen) atoms. The molecule has 180 valence electrons. The van der Waals surface area contributed by atoms with E-state index in [9.17, 15) is 4.79 Å². The van der Waals surface area contributed by atoms with Crippen LogP contribution in [0.5, 0.6) is 0 Å². The van der Waals surface area contributed by atoms with Crippen molar-refractivity contribution < 1.29 is 18.7 Å². The van der Waals surface area contributed by atoms with E-state index in [0.717, 1.165) is 32.3 Å². The van der Waals surface area contributed by atoms with Crippen LogP contribution in [0.15, 0.2) is 0 Å². The normalized spacial score (nSPS) is 36.1. The van der Waals surface area contributed by atoms with Crippen molar-refractivity contribution in [1.29, 1.82) is 0 Å². The number of rotatable bonds is 7. The van der Waals surface area contributed by atoms with E-state index in [1.807, 2.05) is 0 Å². The Balaban J connectivity index is 1.87. The molecule has 1 spiro atoms. The molecular weight excluding hydrogens is 404 g/mol. The second-order valence-corrected chi connectivity index (χ2v) is 17.5. The summed E-state index contributed by atoms with van der Waals surface area (Å²) in [6, 6.07) is 0.